The number of aryl methyl sites for hydroxylation is 2. The maximum absolute atomic E-state index is 12.2. The van der Waals surface area contributed by atoms with Crippen LogP contribution in [0.15, 0.2) is 47.8 Å². The zero-order valence-electron chi connectivity index (χ0n) is 13.7. The van der Waals surface area contributed by atoms with Crippen molar-refractivity contribution in [2.24, 2.45) is 5.10 Å². The number of hydrogen-bond acceptors (Lipinski definition) is 4. The summed E-state index contributed by atoms with van der Waals surface area (Å²) in [5.74, 6) is -0.155. The largest absolute Gasteiger partial charge is 0.373 e. The maximum atomic E-state index is 12.2. The molecular formula is C18H22N4O. The third-order valence-electron chi connectivity index (χ3n) is 3.53. The van der Waals surface area contributed by atoms with E-state index in [1.165, 1.54) is 5.56 Å². The standard InChI is InChI=1S/C18H22N4O/c1-4-16(21-17-6-5-13(2)11-14(17)3)18(23)22-20-12-15-7-9-19-10-8-15/h5-12,16,21H,4H2,1-3H3,(H,22,23)/b20-12-/t16-/m0/s1. The quantitative estimate of drug-likeness (QED) is 0.636. The first-order valence-corrected chi connectivity index (χ1v) is 7.67. The zero-order chi connectivity index (χ0) is 16.7. The molecule has 1 heterocycles. The Morgan fingerprint density at radius 1 is 1.26 bits per heavy atom. The molecule has 0 radical (unpaired) electrons. The van der Waals surface area contributed by atoms with Gasteiger partial charge >= 0.3 is 0 Å². The Kier molecular flexibility index (Phi) is 5.86. The number of nitrogens with one attached hydrogen (secondary N) is 2. The molecule has 1 aromatic carbocycles. The van der Waals surface area contributed by atoms with Crippen molar-refractivity contribution in [1.82, 2.24) is 10.4 Å². The van der Waals surface area contributed by atoms with E-state index in [1.807, 2.05) is 38.1 Å². The number of aromatic nitrogens is 1. The summed E-state index contributed by atoms with van der Waals surface area (Å²) in [6.07, 6.45) is 5.63. The first-order valence-electron chi connectivity index (χ1n) is 7.67. The second-order valence-electron chi connectivity index (χ2n) is 5.44. The number of hydrogen-bond donors (Lipinski definition) is 2. The zero-order valence-corrected chi connectivity index (χ0v) is 13.7. The molecule has 1 amide bonds. The number of pyridine rings is 1. The minimum atomic E-state index is -0.328. The summed E-state index contributed by atoms with van der Waals surface area (Å²) in [7, 11) is 0. The number of hydrazone groups is 1. The van der Waals surface area contributed by atoms with Gasteiger partial charge in [0.05, 0.1) is 6.21 Å². The topological polar surface area (TPSA) is 66.4 Å². The lowest BCUT2D eigenvalue weighted by Gasteiger charge is -2.18. The first-order chi connectivity index (χ1) is 11.1. The molecule has 0 aliphatic rings. The normalized spacial score (nSPS) is 12.1. The Bertz CT molecular complexity index is 683. The van der Waals surface area contributed by atoms with Crippen LogP contribution in [-0.4, -0.2) is 23.1 Å². The number of anilines is 1. The van der Waals surface area contributed by atoms with Gasteiger partial charge in [0.1, 0.15) is 6.04 Å². The molecule has 5 nitrogen and oxygen atoms in total. The summed E-state index contributed by atoms with van der Waals surface area (Å²) < 4.78 is 0. The van der Waals surface area contributed by atoms with Crippen LogP contribution in [0, 0.1) is 13.8 Å². The van der Waals surface area contributed by atoms with Gasteiger partial charge in [-0.15, -0.1) is 0 Å². The predicted octanol–water partition coefficient (Wildman–Crippen LogP) is 3.04. The van der Waals surface area contributed by atoms with Crippen LogP contribution in [0.1, 0.15) is 30.0 Å². The highest BCUT2D eigenvalue weighted by Crippen LogP contribution is 2.17. The molecule has 0 spiro atoms. The van der Waals surface area contributed by atoms with Crippen LogP contribution in [0.3, 0.4) is 0 Å². The predicted molar refractivity (Wildman–Crippen MR) is 93.6 cm³/mol. The monoisotopic (exact) mass is 310 g/mol. The van der Waals surface area contributed by atoms with Gasteiger partial charge in [0.25, 0.3) is 5.91 Å². The third-order valence-corrected chi connectivity index (χ3v) is 3.53. The van der Waals surface area contributed by atoms with Crippen LogP contribution in [0.5, 0.6) is 0 Å². The van der Waals surface area contributed by atoms with Crippen molar-refractivity contribution in [2.75, 3.05) is 5.32 Å². The fourth-order valence-electron chi connectivity index (χ4n) is 2.21. The van der Waals surface area contributed by atoms with Crippen molar-refractivity contribution < 1.29 is 4.79 Å². The smallest absolute Gasteiger partial charge is 0.262 e. The molecule has 2 rings (SSSR count). The maximum Gasteiger partial charge on any atom is 0.262 e. The number of carbonyl (C=O) groups excluding carboxylic acids is 1. The summed E-state index contributed by atoms with van der Waals surface area (Å²) in [5, 5.41) is 7.27. The molecule has 0 unspecified atom stereocenters. The summed E-state index contributed by atoms with van der Waals surface area (Å²) in [5.41, 5.74) is 6.76. The van der Waals surface area contributed by atoms with Gasteiger partial charge in [-0.25, -0.2) is 5.43 Å². The summed E-state index contributed by atoms with van der Waals surface area (Å²) in [4.78, 5) is 16.2. The molecule has 0 bridgehead atoms. The van der Waals surface area contributed by atoms with Crippen LogP contribution in [0.2, 0.25) is 0 Å². The van der Waals surface area contributed by atoms with Crippen LogP contribution < -0.4 is 10.7 Å². The van der Waals surface area contributed by atoms with Crippen LogP contribution in [-0.2, 0) is 4.79 Å². The van der Waals surface area contributed by atoms with E-state index in [2.05, 4.69) is 33.8 Å². The molecule has 1 atom stereocenters. The molecule has 0 aliphatic heterocycles. The van der Waals surface area contributed by atoms with Crippen molar-refractivity contribution in [1.29, 1.82) is 0 Å². The number of rotatable bonds is 6. The highest BCUT2D eigenvalue weighted by molar-refractivity contribution is 5.86. The average molecular weight is 310 g/mol. The number of carbonyl (C=O) groups is 1. The van der Waals surface area contributed by atoms with E-state index in [0.29, 0.717) is 6.42 Å². The fourth-order valence-corrected chi connectivity index (χ4v) is 2.21. The lowest BCUT2D eigenvalue weighted by molar-refractivity contribution is -0.121. The van der Waals surface area contributed by atoms with E-state index in [-0.39, 0.29) is 11.9 Å². The Labute approximate surface area is 136 Å². The molecule has 0 saturated carbocycles. The molecule has 120 valence electrons. The summed E-state index contributed by atoms with van der Waals surface area (Å²) in [6.45, 7) is 6.05. The molecular weight excluding hydrogens is 288 g/mol. The molecule has 0 aliphatic carbocycles. The van der Waals surface area contributed by atoms with E-state index in [9.17, 15) is 4.79 Å². The van der Waals surface area contributed by atoms with E-state index in [4.69, 9.17) is 0 Å². The second kappa shape index (κ2) is 8.08. The second-order valence-corrected chi connectivity index (χ2v) is 5.44. The van der Waals surface area contributed by atoms with Gasteiger partial charge < -0.3 is 5.32 Å². The molecule has 2 aromatic rings. The molecule has 1 aromatic heterocycles. The van der Waals surface area contributed by atoms with Gasteiger partial charge in [-0.05, 0) is 49.6 Å². The molecule has 23 heavy (non-hydrogen) atoms. The van der Waals surface area contributed by atoms with E-state index < -0.39 is 0 Å². The number of nitrogens with zero attached hydrogens (tertiary/aromatic N) is 2. The minimum absolute atomic E-state index is 0.155. The first kappa shape index (κ1) is 16.7. The average Bonchev–Trinajstić information content (AvgIpc) is 2.55. The lowest BCUT2D eigenvalue weighted by Crippen LogP contribution is -2.37. The van der Waals surface area contributed by atoms with E-state index in [1.54, 1.807) is 18.6 Å². The van der Waals surface area contributed by atoms with Gasteiger partial charge in [0.15, 0.2) is 0 Å². The van der Waals surface area contributed by atoms with Gasteiger partial charge in [-0.1, -0.05) is 24.6 Å². The molecule has 0 fully saturated rings. The van der Waals surface area contributed by atoms with E-state index in [0.717, 1.165) is 16.8 Å². The summed E-state index contributed by atoms with van der Waals surface area (Å²) >= 11 is 0. The van der Waals surface area contributed by atoms with Crippen LogP contribution in [0.4, 0.5) is 5.69 Å². The fraction of sp³-hybridized carbons (Fsp3) is 0.278. The Morgan fingerprint density at radius 3 is 2.65 bits per heavy atom. The Hall–Kier alpha value is -2.69. The van der Waals surface area contributed by atoms with Gasteiger partial charge in [0, 0.05) is 18.1 Å². The van der Waals surface area contributed by atoms with Crippen molar-refractivity contribution in [2.45, 2.75) is 33.2 Å². The van der Waals surface area contributed by atoms with Gasteiger partial charge in [-0.2, -0.15) is 5.10 Å². The highest BCUT2D eigenvalue weighted by Gasteiger charge is 2.16. The summed E-state index contributed by atoms with van der Waals surface area (Å²) in [6, 6.07) is 9.43. The van der Waals surface area contributed by atoms with E-state index >= 15 is 0 Å². The molecule has 2 N–H and O–H groups in total. The van der Waals surface area contributed by atoms with Gasteiger partial charge in [0.2, 0.25) is 0 Å². The van der Waals surface area contributed by atoms with Crippen molar-refractivity contribution in [3.63, 3.8) is 0 Å². The highest BCUT2D eigenvalue weighted by atomic mass is 16.2. The van der Waals surface area contributed by atoms with Gasteiger partial charge in [-0.3, -0.25) is 9.78 Å². The van der Waals surface area contributed by atoms with Crippen molar-refractivity contribution >= 4 is 17.8 Å². The van der Waals surface area contributed by atoms with Crippen LogP contribution in [0.25, 0.3) is 0 Å². The molecule has 5 heteroatoms. The Balaban J connectivity index is 1.97. The van der Waals surface area contributed by atoms with Crippen molar-refractivity contribution in [3.05, 3.63) is 59.4 Å². The third kappa shape index (κ3) is 4.92. The van der Waals surface area contributed by atoms with Crippen molar-refractivity contribution in [3.8, 4) is 0 Å². The minimum Gasteiger partial charge on any atom is -0.373 e. The Morgan fingerprint density at radius 2 is 2.00 bits per heavy atom. The van der Waals surface area contributed by atoms with Crippen LogP contribution >= 0.6 is 0 Å². The number of amides is 1. The molecule has 0 saturated heterocycles. The lowest BCUT2D eigenvalue weighted by atomic mass is 10.1. The number of benzene rings is 1. The SMILES string of the molecule is CC[C@H](Nc1ccc(C)cc1C)C(=O)N/N=C\c1ccncc1.